The lowest BCUT2D eigenvalue weighted by Gasteiger charge is -2.49. The molecule has 0 aliphatic carbocycles. The van der Waals surface area contributed by atoms with Crippen molar-refractivity contribution in [1.82, 2.24) is 4.90 Å². The molecule has 4 rings (SSSR count). The van der Waals surface area contributed by atoms with E-state index in [0.29, 0.717) is 54.1 Å². The second-order valence-electron chi connectivity index (χ2n) is 13.4. The van der Waals surface area contributed by atoms with E-state index in [1.54, 1.807) is 23.1 Å². The van der Waals surface area contributed by atoms with Crippen molar-refractivity contribution in [3.05, 3.63) is 101 Å². The summed E-state index contributed by atoms with van der Waals surface area (Å²) >= 11 is 0. The van der Waals surface area contributed by atoms with E-state index < -0.39 is 26.6 Å². The van der Waals surface area contributed by atoms with Crippen LogP contribution >= 0.6 is 0 Å². The van der Waals surface area contributed by atoms with Gasteiger partial charge >= 0.3 is 6.09 Å². The van der Waals surface area contributed by atoms with Crippen molar-refractivity contribution in [3.8, 4) is 5.75 Å². The minimum absolute atomic E-state index is 0.156. The van der Waals surface area contributed by atoms with Crippen molar-refractivity contribution in [2.45, 2.75) is 95.9 Å². The molecule has 0 radical (unpaired) electrons. The van der Waals surface area contributed by atoms with Crippen LogP contribution in [-0.4, -0.2) is 62.9 Å². The number of rotatable bonds is 15. The van der Waals surface area contributed by atoms with Gasteiger partial charge in [0.2, 0.25) is 8.32 Å². The Morgan fingerprint density at radius 1 is 0.851 bits per heavy atom. The number of piperidine rings is 1. The summed E-state index contributed by atoms with van der Waals surface area (Å²) in [5.41, 5.74) is 3.41. The summed E-state index contributed by atoms with van der Waals surface area (Å²) in [7, 11) is -2.37. The Morgan fingerprint density at radius 3 is 2.13 bits per heavy atom. The molecule has 0 bridgehead atoms. The number of β-amino-alcohol motifs (C(OH)–C–C–N with tert-alkyl or cyclic N) is 1. The molecule has 3 aromatic carbocycles. The van der Waals surface area contributed by atoms with E-state index in [0.717, 1.165) is 11.1 Å². The van der Waals surface area contributed by atoms with Crippen molar-refractivity contribution in [3.63, 3.8) is 0 Å². The third kappa shape index (κ3) is 9.44. The number of halogens is 1. The number of nitrogens with zero attached hydrogens (tertiary/aromatic N) is 1. The Hall–Kier alpha value is -3.24. The summed E-state index contributed by atoms with van der Waals surface area (Å²) in [6.07, 6.45) is -1.03. The first-order valence-electron chi connectivity index (χ1n) is 16.9. The van der Waals surface area contributed by atoms with Gasteiger partial charge in [-0.05, 0) is 45.9 Å². The van der Waals surface area contributed by atoms with Gasteiger partial charge in [0.1, 0.15) is 18.2 Å². The molecule has 1 N–H and O–H groups in total. The standard InChI is InChI=1S/C38H52FNO6Si/c1-27(2)47(28(3)4,29(5)6)46-36-24-40(38(42)45-25-30-13-8-7-9-14-30)23-35(41)37(36)31-17-19-33(20-18-31)44-22-12-21-43-26-32-15-10-11-16-34(32)39/h7-11,13-20,27-29,35-37,41H,12,21-26H2,1-6H3. The average molecular weight is 666 g/mol. The molecule has 1 aliphatic rings. The average Bonchev–Trinajstić information content (AvgIpc) is 3.05. The Balaban J connectivity index is 1.43. The molecule has 0 aromatic heterocycles. The summed E-state index contributed by atoms with van der Waals surface area (Å²) in [6.45, 7) is 15.2. The van der Waals surface area contributed by atoms with Crippen LogP contribution in [-0.2, 0) is 27.1 Å². The van der Waals surface area contributed by atoms with Gasteiger partial charge in [-0.1, -0.05) is 102 Å². The summed E-state index contributed by atoms with van der Waals surface area (Å²) in [4.78, 5) is 14.9. The van der Waals surface area contributed by atoms with Crippen LogP contribution < -0.4 is 4.74 Å². The number of ether oxygens (including phenoxy) is 3. The number of carbonyl (C=O) groups is 1. The fourth-order valence-electron chi connectivity index (χ4n) is 7.10. The number of amides is 1. The minimum Gasteiger partial charge on any atom is -0.494 e. The van der Waals surface area contributed by atoms with E-state index >= 15 is 0 Å². The number of likely N-dealkylation sites (tertiary alicyclic amines) is 1. The summed E-state index contributed by atoms with van der Waals surface area (Å²) < 4.78 is 38.3. The number of benzene rings is 3. The lowest BCUT2D eigenvalue weighted by atomic mass is 9.85. The van der Waals surface area contributed by atoms with Crippen molar-refractivity contribution < 1.29 is 32.9 Å². The molecule has 1 amide bonds. The number of aliphatic hydroxyl groups is 1. The Bertz CT molecular complexity index is 1360. The maximum atomic E-state index is 13.8. The Kier molecular flexibility index (Phi) is 13.4. The highest BCUT2D eigenvalue weighted by atomic mass is 28.4. The highest BCUT2D eigenvalue weighted by Crippen LogP contribution is 2.45. The molecule has 1 heterocycles. The van der Waals surface area contributed by atoms with E-state index in [1.165, 1.54) is 6.07 Å². The third-order valence-corrected chi connectivity index (χ3v) is 15.5. The van der Waals surface area contributed by atoms with Crippen molar-refractivity contribution in [2.75, 3.05) is 26.3 Å². The quantitative estimate of drug-likeness (QED) is 0.130. The molecule has 3 aromatic rings. The fraction of sp³-hybridized carbons (Fsp3) is 0.500. The minimum atomic E-state index is -2.37. The van der Waals surface area contributed by atoms with Gasteiger partial charge < -0.3 is 28.6 Å². The van der Waals surface area contributed by atoms with Crippen LogP contribution in [0.15, 0.2) is 78.9 Å². The monoisotopic (exact) mass is 665 g/mol. The maximum absolute atomic E-state index is 13.8. The molecule has 9 heteroatoms. The normalized spacial score (nSPS) is 18.6. The van der Waals surface area contributed by atoms with Crippen molar-refractivity contribution >= 4 is 14.4 Å². The van der Waals surface area contributed by atoms with Crippen LogP contribution in [0.25, 0.3) is 0 Å². The van der Waals surface area contributed by atoms with E-state index in [-0.39, 0.29) is 31.5 Å². The molecule has 1 aliphatic heterocycles. The number of carbonyl (C=O) groups excluding carboxylic acids is 1. The fourth-order valence-corrected chi connectivity index (χ4v) is 12.7. The summed E-state index contributed by atoms with van der Waals surface area (Å²) in [5, 5.41) is 11.6. The third-order valence-electron chi connectivity index (χ3n) is 9.33. The van der Waals surface area contributed by atoms with E-state index in [4.69, 9.17) is 18.6 Å². The topological polar surface area (TPSA) is 77.5 Å². The van der Waals surface area contributed by atoms with Gasteiger partial charge in [0.25, 0.3) is 0 Å². The zero-order valence-corrected chi connectivity index (χ0v) is 29.7. The highest BCUT2D eigenvalue weighted by Gasteiger charge is 2.50. The van der Waals surface area contributed by atoms with Crippen LogP contribution in [0, 0.1) is 5.82 Å². The largest absolute Gasteiger partial charge is 0.494 e. The zero-order valence-electron chi connectivity index (χ0n) is 28.7. The molecule has 256 valence electrons. The highest BCUT2D eigenvalue weighted by molar-refractivity contribution is 6.77. The molecule has 47 heavy (non-hydrogen) atoms. The Morgan fingerprint density at radius 2 is 1.49 bits per heavy atom. The van der Waals surface area contributed by atoms with Gasteiger partial charge in [-0.2, -0.15) is 0 Å². The van der Waals surface area contributed by atoms with E-state index in [2.05, 4.69) is 41.5 Å². The predicted octanol–water partition coefficient (Wildman–Crippen LogP) is 8.47. The van der Waals surface area contributed by atoms with Crippen molar-refractivity contribution in [1.29, 1.82) is 0 Å². The number of hydrogen-bond donors (Lipinski definition) is 1. The maximum Gasteiger partial charge on any atom is 0.410 e. The van der Waals surface area contributed by atoms with E-state index in [9.17, 15) is 14.3 Å². The zero-order chi connectivity index (χ0) is 34.0. The van der Waals surface area contributed by atoms with Gasteiger partial charge in [-0.3, -0.25) is 0 Å². The smallest absolute Gasteiger partial charge is 0.410 e. The molecule has 7 nitrogen and oxygen atoms in total. The first-order chi connectivity index (χ1) is 22.5. The van der Waals surface area contributed by atoms with Crippen LogP contribution in [0.5, 0.6) is 5.75 Å². The molecule has 0 saturated carbocycles. The summed E-state index contributed by atoms with van der Waals surface area (Å²) in [6, 6.07) is 24.0. The van der Waals surface area contributed by atoms with Crippen LogP contribution in [0.2, 0.25) is 16.6 Å². The Labute approximate surface area is 281 Å². The molecule has 3 unspecified atom stereocenters. The predicted molar refractivity (Wildman–Crippen MR) is 185 cm³/mol. The molecule has 1 saturated heterocycles. The molecular weight excluding hydrogens is 614 g/mol. The van der Waals surface area contributed by atoms with Gasteiger partial charge in [0.05, 0.1) is 38.6 Å². The molecule has 1 fully saturated rings. The number of aliphatic hydroxyl groups excluding tert-OH is 1. The van der Waals surface area contributed by atoms with Crippen LogP contribution in [0.1, 0.15) is 70.6 Å². The summed E-state index contributed by atoms with van der Waals surface area (Å²) in [5.74, 6) is 0.130. The first-order valence-corrected chi connectivity index (χ1v) is 19.0. The van der Waals surface area contributed by atoms with Crippen LogP contribution in [0.4, 0.5) is 9.18 Å². The first kappa shape index (κ1) is 36.6. The number of hydrogen-bond acceptors (Lipinski definition) is 6. The van der Waals surface area contributed by atoms with Gasteiger partial charge in [-0.25, -0.2) is 9.18 Å². The lowest BCUT2D eigenvalue weighted by molar-refractivity contribution is -0.0255. The molecule has 0 spiro atoms. The second kappa shape index (κ2) is 17.2. The van der Waals surface area contributed by atoms with Crippen molar-refractivity contribution in [2.24, 2.45) is 0 Å². The molecule has 3 atom stereocenters. The second-order valence-corrected chi connectivity index (χ2v) is 18.8. The van der Waals surface area contributed by atoms with E-state index in [1.807, 2.05) is 54.6 Å². The lowest BCUT2D eigenvalue weighted by Crippen LogP contribution is -2.59. The van der Waals surface area contributed by atoms with Gasteiger partial charge in [-0.15, -0.1) is 0 Å². The van der Waals surface area contributed by atoms with Gasteiger partial charge in [0, 0.05) is 24.4 Å². The molecular formula is C38H52FNO6Si. The van der Waals surface area contributed by atoms with Crippen LogP contribution in [0.3, 0.4) is 0 Å². The SMILES string of the molecule is CC(C)[Si](OC1CN(C(=O)OCc2ccccc2)CC(O)C1c1ccc(OCCCOCc2ccccc2F)cc1)(C(C)C)C(C)C. The van der Waals surface area contributed by atoms with Gasteiger partial charge in [0.15, 0.2) is 0 Å².